The molecule has 0 aliphatic carbocycles. The van der Waals surface area contributed by atoms with Crippen molar-refractivity contribution in [1.29, 1.82) is 0 Å². The summed E-state index contributed by atoms with van der Waals surface area (Å²) in [6, 6.07) is 0.386. The number of anilines is 2. The summed E-state index contributed by atoms with van der Waals surface area (Å²) >= 11 is 0. The van der Waals surface area contributed by atoms with E-state index >= 15 is 0 Å². The van der Waals surface area contributed by atoms with Crippen LogP contribution in [0.25, 0.3) is 0 Å². The molecule has 1 heterocycles. The summed E-state index contributed by atoms with van der Waals surface area (Å²) in [5.74, 6) is 1.56. The van der Waals surface area contributed by atoms with E-state index in [0.717, 1.165) is 12.5 Å². The first kappa shape index (κ1) is 8.90. The predicted octanol–water partition coefficient (Wildman–Crippen LogP) is 1.31. The molecule has 1 rings (SSSR count). The van der Waals surface area contributed by atoms with Crippen molar-refractivity contribution in [3.8, 4) is 0 Å². The van der Waals surface area contributed by atoms with Gasteiger partial charge in [0.15, 0.2) is 0 Å². The van der Waals surface area contributed by atoms with E-state index in [4.69, 9.17) is 5.73 Å². The number of nitrogens with two attached hydrogens (primary N) is 1. The maximum absolute atomic E-state index is 5.69. The first-order chi connectivity index (χ1) is 5.65. The van der Waals surface area contributed by atoms with Gasteiger partial charge in [0.2, 0.25) is 5.95 Å². The molecule has 0 fully saturated rings. The third-order valence-corrected chi connectivity index (χ3v) is 1.62. The minimum atomic E-state index is 0.386. The number of aromatic nitrogens is 2. The molecule has 0 aromatic carbocycles. The molecule has 0 aliphatic heterocycles. The predicted molar refractivity (Wildman–Crippen MR) is 51.1 cm³/mol. The topological polar surface area (TPSA) is 55.9 Å². The monoisotopic (exact) mass is 168 g/mol. The molecular weight excluding hydrogens is 152 g/mol. The maximum atomic E-state index is 5.69. The molecule has 3 N–H and O–H groups in total. The third kappa shape index (κ3) is 1.69. The van der Waals surface area contributed by atoms with Crippen molar-refractivity contribution in [1.82, 2.24) is 9.55 Å². The number of imidazole rings is 1. The van der Waals surface area contributed by atoms with Crippen molar-refractivity contribution >= 4 is 11.8 Å². The van der Waals surface area contributed by atoms with E-state index in [1.807, 2.05) is 11.5 Å². The van der Waals surface area contributed by atoms with E-state index in [-0.39, 0.29) is 0 Å². The van der Waals surface area contributed by atoms with Gasteiger partial charge in [-0.3, -0.25) is 4.57 Å². The first-order valence-corrected chi connectivity index (χ1v) is 4.22. The Balaban J connectivity index is 2.84. The van der Waals surface area contributed by atoms with Crippen LogP contribution in [0.2, 0.25) is 0 Å². The van der Waals surface area contributed by atoms with E-state index < -0.39 is 0 Å². The largest absolute Gasteiger partial charge is 0.384 e. The molecule has 0 atom stereocenters. The van der Waals surface area contributed by atoms with Crippen LogP contribution in [0.5, 0.6) is 0 Å². The van der Waals surface area contributed by atoms with Crippen molar-refractivity contribution in [3.63, 3.8) is 0 Å². The van der Waals surface area contributed by atoms with Crippen LogP contribution in [0.3, 0.4) is 0 Å². The van der Waals surface area contributed by atoms with Crippen LogP contribution in [-0.2, 0) is 6.54 Å². The highest BCUT2D eigenvalue weighted by atomic mass is 15.2. The molecule has 1 aromatic heterocycles. The van der Waals surface area contributed by atoms with E-state index in [1.54, 1.807) is 6.20 Å². The molecule has 0 radical (unpaired) electrons. The average Bonchev–Trinajstić information content (AvgIpc) is 2.30. The summed E-state index contributed by atoms with van der Waals surface area (Å²) in [6.07, 6.45) is 1.67. The fourth-order valence-corrected chi connectivity index (χ4v) is 1.09. The lowest BCUT2D eigenvalue weighted by molar-refractivity contribution is 0.755. The zero-order chi connectivity index (χ0) is 9.14. The number of rotatable bonds is 3. The summed E-state index contributed by atoms with van der Waals surface area (Å²) in [4.78, 5) is 4.15. The van der Waals surface area contributed by atoms with Gasteiger partial charge in [0, 0.05) is 12.6 Å². The lowest BCUT2D eigenvalue weighted by Gasteiger charge is -2.11. The number of nitrogens with zero attached hydrogens (tertiary/aromatic N) is 2. The number of hydrogen-bond donors (Lipinski definition) is 2. The first-order valence-electron chi connectivity index (χ1n) is 4.22. The minimum Gasteiger partial charge on any atom is -0.384 e. The number of nitrogens with one attached hydrogen (secondary N) is 1. The van der Waals surface area contributed by atoms with Gasteiger partial charge in [0.1, 0.15) is 5.82 Å². The van der Waals surface area contributed by atoms with Crippen LogP contribution in [0.4, 0.5) is 11.8 Å². The van der Waals surface area contributed by atoms with Gasteiger partial charge < -0.3 is 11.1 Å². The van der Waals surface area contributed by atoms with Gasteiger partial charge in [0.25, 0.3) is 0 Å². The van der Waals surface area contributed by atoms with Crippen LogP contribution < -0.4 is 11.1 Å². The van der Waals surface area contributed by atoms with Gasteiger partial charge in [-0.1, -0.05) is 0 Å². The van der Waals surface area contributed by atoms with Crippen molar-refractivity contribution in [2.24, 2.45) is 0 Å². The normalized spacial score (nSPS) is 10.7. The van der Waals surface area contributed by atoms with Crippen molar-refractivity contribution in [2.45, 2.75) is 33.4 Å². The highest BCUT2D eigenvalue weighted by Gasteiger charge is 2.05. The SMILES string of the molecule is CCn1c(N)cnc1NC(C)C. The molecule has 0 bridgehead atoms. The lowest BCUT2D eigenvalue weighted by Crippen LogP contribution is -2.15. The molecule has 1 aromatic rings. The Labute approximate surface area is 72.8 Å². The van der Waals surface area contributed by atoms with Gasteiger partial charge in [-0.05, 0) is 20.8 Å². The molecule has 12 heavy (non-hydrogen) atoms. The van der Waals surface area contributed by atoms with Crippen LogP contribution in [0, 0.1) is 0 Å². The molecule has 68 valence electrons. The Morgan fingerprint density at radius 3 is 2.83 bits per heavy atom. The van der Waals surface area contributed by atoms with Crippen molar-refractivity contribution < 1.29 is 0 Å². The zero-order valence-electron chi connectivity index (χ0n) is 7.83. The molecule has 0 spiro atoms. The summed E-state index contributed by atoms with van der Waals surface area (Å²) in [5, 5.41) is 3.22. The van der Waals surface area contributed by atoms with E-state index in [9.17, 15) is 0 Å². The number of hydrogen-bond acceptors (Lipinski definition) is 3. The van der Waals surface area contributed by atoms with Gasteiger partial charge >= 0.3 is 0 Å². The number of nitrogen functional groups attached to an aromatic ring is 1. The van der Waals surface area contributed by atoms with Crippen molar-refractivity contribution in [3.05, 3.63) is 6.20 Å². The average molecular weight is 168 g/mol. The van der Waals surface area contributed by atoms with Crippen LogP contribution in [0.1, 0.15) is 20.8 Å². The van der Waals surface area contributed by atoms with Crippen LogP contribution in [-0.4, -0.2) is 15.6 Å². The van der Waals surface area contributed by atoms with Gasteiger partial charge in [0.05, 0.1) is 6.20 Å². The second-order valence-electron chi connectivity index (χ2n) is 3.05. The standard InChI is InChI=1S/C8H16N4/c1-4-12-7(9)5-10-8(12)11-6(2)3/h5-6H,4,9H2,1-3H3,(H,10,11). The smallest absolute Gasteiger partial charge is 0.204 e. The molecule has 0 saturated heterocycles. The van der Waals surface area contributed by atoms with Gasteiger partial charge in [-0.15, -0.1) is 0 Å². The summed E-state index contributed by atoms with van der Waals surface area (Å²) in [6.45, 7) is 7.04. The van der Waals surface area contributed by atoms with Crippen molar-refractivity contribution in [2.75, 3.05) is 11.1 Å². The molecule has 0 amide bonds. The minimum absolute atomic E-state index is 0.386. The summed E-state index contributed by atoms with van der Waals surface area (Å²) in [5.41, 5.74) is 5.69. The molecular formula is C8H16N4. The Bertz CT molecular complexity index is 252. The van der Waals surface area contributed by atoms with Gasteiger partial charge in [-0.2, -0.15) is 0 Å². The molecule has 4 nitrogen and oxygen atoms in total. The quantitative estimate of drug-likeness (QED) is 0.715. The maximum Gasteiger partial charge on any atom is 0.204 e. The summed E-state index contributed by atoms with van der Waals surface area (Å²) < 4.78 is 1.94. The molecule has 0 saturated carbocycles. The Hall–Kier alpha value is -1.19. The summed E-state index contributed by atoms with van der Waals surface area (Å²) in [7, 11) is 0. The van der Waals surface area contributed by atoms with Gasteiger partial charge in [-0.25, -0.2) is 4.98 Å². The Morgan fingerprint density at radius 1 is 1.67 bits per heavy atom. The van der Waals surface area contributed by atoms with E-state index in [0.29, 0.717) is 11.9 Å². The van der Waals surface area contributed by atoms with Crippen LogP contribution >= 0.6 is 0 Å². The second-order valence-corrected chi connectivity index (χ2v) is 3.05. The molecule has 0 unspecified atom stereocenters. The molecule has 0 aliphatic rings. The van der Waals surface area contributed by atoms with E-state index in [1.165, 1.54) is 0 Å². The fourth-order valence-electron chi connectivity index (χ4n) is 1.09. The fraction of sp³-hybridized carbons (Fsp3) is 0.625. The zero-order valence-corrected chi connectivity index (χ0v) is 7.83. The Kier molecular flexibility index (Phi) is 2.58. The second kappa shape index (κ2) is 3.47. The highest BCUT2D eigenvalue weighted by molar-refractivity contribution is 5.40. The van der Waals surface area contributed by atoms with E-state index in [2.05, 4.69) is 24.1 Å². The Morgan fingerprint density at radius 2 is 2.33 bits per heavy atom. The molecule has 4 heteroatoms. The van der Waals surface area contributed by atoms with Crippen LogP contribution in [0.15, 0.2) is 6.20 Å². The highest BCUT2D eigenvalue weighted by Crippen LogP contribution is 2.12. The third-order valence-electron chi connectivity index (χ3n) is 1.62. The lowest BCUT2D eigenvalue weighted by atomic mass is 10.4.